The first-order valence-electron chi connectivity index (χ1n) is 3.49. The monoisotopic (exact) mass is 422 g/mol. The standard InChI is InChI=1S/C8H5FI2O3/c9-4-2-1-3(5(10)6(4)11)7(12)8(13)14/h1-2,7,12H,(H,13,14). The third-order valence-electron chi connectivity index (χ3n) is 1.59. The molecule has 1 atom stereocenters. The normalized spacial score (nSPS) is 12.6. The third-order valence-corrected chi connectivity index (χ3v) is 4.84. The molecule has 3 nitrogen and oxygen atoms in total. The largest absolute Gasteiger partial charge is 0.479 e. The van der Waals surface area contributed by atoms with E-state index in [9.17, 15) is 14.3 Å². The van der Waals surface area contributed by atoms with Crippen molar-refractivity contribution in [1.82, 2.24) is 0 Å². The Morgan fingerprint density at radius 1 is 1.36 bits per heavy atom. The van der Waals surface area contributed by atoms with Crippen molar-refractivity contribution in [3.8, 4) is 0 Å². The lowest BCUT2D eigenvalue weighted by Gasteiger charge is -2.09. The maximum Gasteiger partial charge on any atom is 0.337 e. The van der Waals surface area contributed by atoms with Crippen LogP contribution >= 0.6 is 45.2 Å². The van der Waals surface area contributed by atoms with Crippen LogP contribution in [0.4, 0.5) is 4.39 Å². The van der Waals surface area contributed by atoms with Gasteiger partial charge in [-0.15, -0.1) is 0 Å². The Hall–Kier alpha value is 0.0400. The molecule has 0 spiro atoms. The molecule has 1 aromatic carbocycles. The quantitative estimate of drug-likeness (QED) is 0.568. The predicted octanol–water partition coefficient (Wildman–Crippen LogP) is 2.15. The summed E-state index contributed by atoms with van der Waals surface area (Å²) >= 11 is 3.57. The number of rotatable bonds is 2. The van der Waals surface area contributed by atoms with E-state index in [1.165, 1.54) is 6.07 Å². The molecular formula is C8H5FI2O3. The molecule has 1 rings (SSSR count). The number of carboxylic acids is 1. The van der Waals surface area contributed by atoms with Gasteiger partial charge in [-0.2, -0.15) is 0 Å². The fourth-order valence-electron chi connectivity index (χ4n) is 0.885. The van der Waals surface area contributed by atoms with Gasteiger partial charge in [0.15, 0.2) is 6.10 Å². The summed E-state index contributed by atoms with van der Waals surface area (Å²) in [6, 6.07) is 2.42. The third kappa shape index (κ3) is 2.34. The Morgan fingerprint density at radius 3 is 2.43 bits per heavy atom. The summed E-state index contributed by atoms with van der Waals surface area (Å²) in [5, 5.41) is 17.8. The van der Waals surface area contributed by atoms with Crippen molar-refractivity contribution in [2.75, 3.05) is 0 Å². The number of carbonyl (C=O) groups is 1. The van der Waals surface area contributed by atoms with E-state index in [1.54, 1.807) is 22.6 Å². The zero-order valence-electron chi connectivity index (χ0n) is 6.67. The zero-order chi connectivity index (χ0) is 10.9. The van der Waals surface area contributed by atoms with Crippen molar-refractivity contribution in [1.29, 1.82) is 0 Å². The maximum atomic E-state index is 13.0. The molecule has 0 aliphatic heterocycles. The van der Waals surface area contributed by atoms with Gasteiger partial charge in [-0.05, 0) is 51.2 Å². The predicted molar refractivity (Wildman–Crippen MR) is 64.4 cm³/mol. The number of carboxylic acid groups (broad SMARTS) is 1. The van der Waals surface area contributed by atoms with Gasteiger partial charge in [-0.3, -0.25) is 0 Å². The van der Waals surface area contributed by atoms with Gasteiger partial charge in [0.2, 0.25) is 0 Å². The van der Waals surface area contributed by atoms with Crippen LogP contribution in [0.3, 0.4) is 0 Å². The Balaban J connectivity index is 3.24. The Bertz CT molecular complexity index is 381. The summed E-state index contributed by atoms with van der Waals surface area (Å²) in [6.07, 6.45) is -1.60. The molecule has 0 fully saturated rings. The number of halogens is 3. The van der Waals surface area contributed by atoms with Crippen LogP contribution in [0.1, 0.15) is 11.7 Å². The number of benzene rings is 1. The number of aliphatic hydroxyl groups is 1. The van der Waals surface area contributed by atoms with E-state index in [0.717, 1.165) is 6.07 Å². The minimum atomic E-state index is -1.60. The van der Waals surface area contributed by atoms with Crippen LogP contribution in [0.15, 0.2) is 12.1 Å². The first kappa shape index (κ1) is 12.1. The van der Waals surface area contributed by atoms with Crippen molar-refractivity contribution in [2.24, 2.45) is 0 Å². The molecular weight excluding hydrogens is 417 g/mol. The van der Waals surface area contributed by atoms with E-state index < -0.39 is 17.9 Å². The van der Waals surface area contributed by atoms with Gasteiger partial charge in [0.1, 0.15) is 5.82 Å². The molecule has 0 saturated carbocycles. The smallest absolute Gasteiger partial charge is 0.337 e. The van der Waals surface area contributed by atoms with E-state index >= 15 is 0 Å². The molecule has 14 heavy (non-hydrogen) atoms. The first-order chi connectivity index (χ1) is 6.45. The topological polar surface area (TPSA) is 57.5 Å². The number of hydrogen-bond donors (Lipinski definition) is 2. The van der Waals surface area contributed by atoms with Crippen molar-refractivity contribution in [2.45, 2.75) is 6.10 Å². The molecule has 0 bridgehead atoms. The summed E-state index contributed by atoms with van der Waals surface area (Å²) in [5.41, 5.74) is 0.212. The molecule has 2 N–H and O–H groups in total. The average Bonchev–Trinajstić information content (AvgIpc) is 2.13. The number of aliphatic carboxylic acids is 1. The minimum Gasteiger partial charge on any atom is -0.479 e. The lowest BCUT2D eigenvalue weighted by atomic mass is 10.1. The van der Waals surface area contributed by atoms with Gasteiger partial charge in [-0.1, -0.05) is 6.07 Å². The molecule has 0 radical (unpaired) electrons. The molecule has 0 aromatic heterocycles. The maximum absolute atomic E-state index is 13.0. The second kappa shape index (κ2) is 4.71. The summed E-state index contributed by atoms with van der Waals surface area (Å²) in [4.78, 5) is 10.5. The van der Waals surface area contributed by atoms with Crippen molar-refractivity contribution >= 4 is 51.2 Å². The van der Waals surface area contributed by atoms with Crippen molar-refractivity contribution in [3.05, 3.63) is 30.7 Å². The van der Waals surface area contributed by atoms with Crippen molar-refractivity contribution < 1.29 is 19.4 Å². The molecule has 6 heteroatoms. The Morgan fingerprint density at radius 2 is 1.93 bits per heavy atom. The highest BCUT2D eigenvalue weighted by Crippen LogP contribution is 2.26. The van der Waals surface area contributed by atoms with Crippen LogP contribution in [0, 0.1) is 13.0 Å². The van der Waals surface area contributed by atoms with Gasteiger partial charge in [0, 0.05) is 9.13 Å². The van der Waals surface area contributed by atoms with Crippen molar-refractivity contribution in [3.63, 3.8) is 0 Å². The van der Waals surface area contributed by atoms with Crippen LogP contribution in [0.2, 0.25) is 0 Å². The summed E-state index contributed by atoms with van der Waals surface area (Å²) in [6.45, 7) is 0. The SMILES string of the molecule is O=C(O)C(O)c1ccc(F)c(I)c1I. The summed E-state index contributed by atoms with van der Waals surface area (Å²) in [7, 11) is 0. The Kier molecular flexibility index (Phi) is 4.07. The van der Waals surface area contributed by atoms with E-state index in [1.807, 2.05) is 22.6 Å². The first-order valence-corrected chi connectivity index (χ1v) is 5.65. The highest BCUT2D eigenvalue weighted by molar-refractivity contribution is 14.1. The van der Waals surface area contributed by atoms with E-state index in [2.05, 4.69) is 0 Å². The van der Waals surface area contributed by atoms with Crippen LogP contribution in [0.5, 0.6) is 0 Å². The highest BCUT2D eigenvalue weighted by atomic mass is 127. The van der Waals surface area contributed by atoms with Gasteiger partial charge in [-0.25, -0.2) is 9.18 Å². The minimum absolute atomic E-state index is 0.212. The molecule has 0 heterocycles. The number of hydrogen-bond acceptors (Lipinski definition) is 2. The molecule has 1 aromatic rings. The Labute approximate surface area is 107 Å². The fraction of sp³-hybridized carbons (Fsp3) is 0.125. The lowest BCUT2D eigenvalue weighted by molar-refractivity contribution is -0.147. The van der Waals surface area contributed by atoms with Gasteiger partial charge in [0.05, 0.1) is 3.57 Å². The molecule has 0 amide bonds. The van der Waals surface area contributed by atoms with Gasteiger partial charge < -0.3 is 10.2 Å². The molecule has 0 aliphatic rings. The fourth-order valence-corrected chi connectivity index (χ4v) is 2.11. The number of aliphatic hydroxyl groups excluding tert-OH is 1. The molecule has 0 aliphatic carbocycles. The molecule has 0 saturated heterocycles. The second-order valence-corrected chi connectivity index (χ2v) is 4.66. The van der Waals surface area contributed by atoms with Crippen LogP contribution in [-0.4, -0.2) is 16.2 Å². The van der Waals surface area contributed by atoms with Crippen LogP contribution in [0.25, 0.3) is 0 Å². The van der Waals surface area contributed by atoms with E-state index in [-0.39, 0.29) is 5.56 Å². The molecule has 76 valence electrons. The van der Waals surface area contributed by atoms with E-state index in [4.69, 9.17) is 5.11 Å². The lowest BCUT2D eigenvalue weighted by Crippen LogP contribution is -2.12. The van der Waals surface area contributed by atoms with Crippen LogP contribution < -0.4 is 0 Å². The zero-order valence-corrected chi connectivity index (χ0v) is 11.0. The second-order valence-electron chi connectivity index (χ2n) is 2.51. The summed E-state index contributed by atoms with van der Waals surface area (Å²) < 4.78 is 13.7. The van der Waals surface area contributed by atoms with Crippen LogP contribution in [-0.2, 0) is 4.79 Å². The highest BCUT2D eigenvalue weighted by Gasteiger charge is 2.21. The summed E-state index contributed by atoms with van der Waals surface area (Å²) in [5.74, 6) is -1.76. The molecule has 1 unspecified atom stereocenters. The van der Waals surface area contributed by atoms with E-state index in [0.29, 0.717) is 7.14 Å². The van der Waals surface area contributed by atoms with Gasteiger partial charge >= 0.3 is 5.97 Å². The average molecular weight is 422 g/mol. The van der Waals surface area contributed by atoms with Gasteiger partial charge in [0.25, 0.3) is 0 Å².